The highest BCUT2D eigenvalue weighted by atomic mass is 32.1. The monoisotopic (exact) mass is 422 g/mol. The molecule has 3 rings (SSSR count). The SMILES string of the molecule is CCOC(=O)C1=C(COc2ccc(F)cc2F)N(CC)C(=O)NC1c1ccsc1. The fraction of sp³-hybridized carbons (Fsp3) is 0.300. The van der Waals surface area contributed by atoms with E-state index in [4.69, 9.17) is 9.47 Å². The molecule has 6 nitrogen and oxygen atoms in total. The molecule has 0 aliphatic carbocycles. The summed E-state index contributed by atoms with van der Waals surface area (Å²) in [6.07, 6.45) is 0. The number of ether oxygens (including phenoxy) is 2. The van der Waals surface area contributed by atoms with Crippen LogP contribution < -0.4 is 10.1 Å². The number of thiophene rings is 1. The molecule has 1 aliphatic heterocycles. The lowest BCUT2D eigenvalue weighted by atomic mass is 9.96. The van der Waals surface area contributed by atoms with E-state index in [2.05, 4.69) is 5.32 Å². The van der Waals surface area contributed by atoms with Crippen molar-refractivity contribution in [2.45, 2.75) is 19.9 Å². The number of carbonyl (C=O) groups excluding carboxylic acids is 2. The summed E-state index contributed by atoms with van der Waals surface area (Å²) in [6.45, 7) is 3.57. The van der Waals surface area contributed by atoms with E-state index < -0.39 is 29.7 Å². The largest absolute Gasteiger partial charge is 0.484 e. The van der Waals surface area contributed by atoms with Crippen LogP contribution in [-0.4, -0.2) is 36.7 Å². The maximum Gasteiger partial charge on any atom is 0.338 e. The summed E-state index contributed by atoms with van der Waals surface area (Å²) in [5.41, 5.74) is 1.22. The van der Waals surface area contributed by atoms with Crippen molar-refractivity contribution in [3.8, 4) is 5.75 Å². The van der Waals surface area contributed by atoms with Crippen LogP contribution in [0.2, 0.25) is 0 Å². The van der Waals surface area contributed by atoms with Crippen molar-refractivity contribution in [2.24, 2.45) is 0 Å². The molecule has 0 fully saturated rings. The first kappa shape index (κ1) is 20.8. The van der Waals surface area contributed by atoms with Crippen LogP contribution in [0.1, 0.15) is 25.5 Å². The maximum absolute atomic E-state index is 14.0. The fourth-order valence-corrected chi connectivity index (χ4v) is 3.76. The molecule has 29 heavy (non-hydrogen) atoms. The van der Waals surface area contributed by atoms with E-state index in [9.17, 15) is 18.4 Å². The van der Waals surface area contributed by atoms with E-state index >= 15 is 0 Å². The van der Waals surface area contributed by atoms with Crippen molar-refractivity contribution in [3.63, 3.8) is 0 Å². The molecule has 0 saturated carbocycles. The number of nitrogens with zero attached hydrogens (tertiary/aromatic N) is 1. The number of rotatable bonds is 7. The molecule has 2 aromatic rings. The Morgan fingerprint density at radius 2 is 2.07 bits per heavy atom. The molecule has 0 radical (unpaired) electrons. The van der Waals surface area contributed by atoms with Crippen LogP contribution in [0.25, 0.3) is 0 Å². The Hall–Kier alpha value is -2.94. The van der Waals surface area contributed by atoms with Crippen molar-refractivity contribution in [1.29, 1.82) is 0 Å². The highest BCUT2D eigenvalue weighted by molar-refractivity contribution is 7.08. The molecule has 2 heterocycles. The Kier molecular flexibility index (Phi) is 6.48. The van der Waals surface area contributed by atoms with Gasteiger partial charge in [-0.05, 0) is 48.4 Å². The molecule has 1 aromatic heterocycles. The van der Waals surface area contributed by atoms with Gasteiger partial charge in [0, 0.05) is 12.6 Å². The Morgan fingerprint density at radius 3 is 2.69 bits per heavy atom. The normalized spacial score (nSPS) is 16.6. The summed E-state index contributed by atoms with van der Waals surface area (Å²) in [4.78, 5) is 26.8. The zero-order valence-corrected chi connectivity index (χ0v) is 16.7. The van der Waals surface area contributed by atoms with Crippen molar-refractivity contribution >= 4 is 23.3 Å². The molecule has 154 valence electrons. The molecule has 2 amide bonds. The number of hydrogen-bond donors (Lipinski definition) is 1. The van der Waals surface area contributed by atoms with Crippen LogP contribution in [-0.2, 0) is 9.53 Å². The second-order valence-electron chi connectivity index (χ2n) is 6.13. The average Bonchev–Trinajstić information content (AvgIpc) is 3.21. The molecule has 1 N–H and O–H groups in total. The highest BCUT2D eigenvalue weighted by Gasteiger charge is 2.38. The Bertz CT molecular complexity index is 931. The molecule has 0 bridgehead atoms. The maximum atomic E-state index is 14.0. The summed E-state index contributed by atoms with van der Waals surface area (Å²) in [6, 6.07) is 3.61. The smallest absolute Gasteiger partial charge is 0.338 e. The number of esters is 1. The van der Waals surface area contributed by atoms with Gasteiger partial charge in [-0.15, -0.1) is 0 Å². The van der Waals surface area contributed by atoms with Crippen LogP contribution in [0, 0.1) is 11.6 Å². The van der Waals surface area contributed by atoms with Gasteiger partial charge in [0.25, 0.3) is 0 Å². The van der Waals surface area contributed by atoms with Gasteiger partial charge in [0.2, 0.25) is 0 Å². The van der Waals surface area contributed by atoms with Gasteiger partial charge in [0.15, 0.2) is 11.6 Å². The third-order valence-corrected chi connectivity index (χ3v) is 5.09. The standard InChI is InChI=1S/C20H20F2N2O4S/c1-3-24-15(10-28-16-6-5-13(21)9-14(16)22)17(19(25)27-4-2)18(23-20(24)26)12-7-8-29-11-12/h5-9,11,18H,3-4,10H2,1-2H3,(H,23,26). The van der Waals surface area contributed by atoms with E-state index in [1.54, 1.807) is 19.9 Å². The number of carbonyl (C=O) groups is 2. The van der Waals surface area contributed by atoms with Gasteiger partial charge < -0.3 is 14.8 Å². The summed E-state index contributed by atoms with van der Waals surface area (Å²) in [5.74, 6) is -2.39. The lowest BCUT2D eigenvalue weighted by Gasteiger charge is -2.35. The Labute approximate surface area is 170 Å². The summed E-state index contributed by atoms with van der Waals surface area (Å²) >= 11 is 1.43. The topological polar surface area (TPSA) is 67.9 Å². The first-order valence-corrected chi connectivity index (χ1v) is 9.98. The Morgan fingerprint density at radius 1 is 1.28 bits per heavy atom. The fourth-order valence-electron chi connectivity index (χ4n) is 3.07. The van der Waals surface area contributed by atoms with Gasteiger partial charge in [-0.1, -0.05) is 0 Å². The first-order chi connectivity index (χ1) is 14.0. The Balaban J connectivity index is 2.03. The molecular weight excluding hydrogens is 402 g/mol. The second-order valence-corrected chi connectivity index (χ2v) is 6.91. The number of urea groups is 1. The van der Waals surface area contributed by atoms with Gasteiger partial charge in [0.1, 0.15) is 12.4 Å². The first-order valence-electron chi connectivity index (χ1n) is 9.04. The molecular formula is C20H20F2N2O4S. The summed E-state index contributed by atoms with van der Waals surface area (Å²) in [7, 11) is 0. The number of halogens is 2. The van der Waals surface area contributed by atoms with Crippen molar-refractivity contribution < 1.29 is 27.8 Å². The van der Waals surface area contributed by atoms with Crippen LogP contribution in [0.3, 0.4) is 0 Å². The third kappa shape index (κ3) is 4.40. The van der Waals surface area contributed by atoms with E-state index in [-0.39, 0.29) is 36.8 Å². The van der Waals surface area contributed by atoms with Crippen LogP contribution in [0.4, 0.5) is 13.6 Å². The van der Waals surface area contributed by atoms with Crippen molar-refractivity contribution in [1.82, 2.24) is 10.2 Å². The van der Waals surface area contributed by atoms with E-state index in [0.717, 1.165) is 17.7 Å². The minimum absolute atomic E-state index is 0.152. The molecule has 0 saturated heterocycles. The number of likely N-dealkylation sites (N-methyl/N-ethyl adjacent to an activating group) is 1. The zero-order valence-electron chi connectivity index (χ0n) is 15.9. The quantitative estimate of drug-likeness (QED) is 0.685. The highest BCUT2D eigenvalue weighted by Crippen LogP contribution is 2.33. The predicted molar refractivity (Wildman–Crippen MR) is 103 cm³/mol. The summed E-state index contributed by atoms with van der Waals surface area (Å²) in [5, 5.41) is 6.47. The van der Waals surface area contributed by atoms with Gasteiger partial charge >= 0.3 is 12.0 Å². The predicted octanol–water partition coefficient (Wildman–Crippen LogP) is 4.01. The number of nitrogens with one attached hydrogen (secondary N) is 1. The third-order valence-electron chi connectivity index (χ3n) is 4.38. The average molecular weight is 422 g/mol. The van der Waals surface area contributed by atoms with Crippen molar-refractivity contribution in [2.75, 3.05) is 19.8 Å². The van der Waals surface area contributed by atoms with E-state index in [1.165, 1.54) is 16.2 Å². The number of hydrogen-bond acceptors (Lipinski definition) is 5. The van der Waals surface area contributed by atoms with Gasteiger partial charge in [-0.25, -0.2) is 18.4 Å². The van der Waals surface area contributed by atoms with E-state index in [1.807, 2.05) is 10.8 Å². The molecule has 1 unspecified atom stereocenters. The lowest BCUT2D eigenvalue weighted by molar-refractivity contribution is -0.139. The molecule has 0 spiro atoms. The minimum Gasteiger partial charge on any atom is -0.484 e. The van der Waals surface area contributed by atoms with Crippen LogP contribution in [0.15, 0.2) is 46.3 Å². The second kappa shape index (κ2) is 9.04. The number of amides is 2. The van der Waals surface area contributed by atoms with Gasteiger partial charge in [0.05, 0.1) is 23.9 Å². The molecule has 9 heteroatoms. The molecule has 1 aliphatic rings. The van der Waals surface area contributed by atoms with Gasteiger partial charge in [-0.2, -0.15) is 11.3 Å². The zero-order chi connectivity index (χ0) is 21.0. The minimum atomic E-state index is -0.874. The molecule has 1 aromatic carbocycles. The lowest BCUT2D eigenvalue weighted by Crippen LogP contribution is -2.49. The van der Waals surface area contributed by atoms with Crippen molar-refractivity contribution in [3.05, 3.63) is 63.5 Å². The number of benzene rings is 1. The van der Waals surface area contributed by atoms with Gasteiger partial charge in [-0.3, -0.25) is 4.90 Å². The summed E-state index contributed by atoms with van der Waals surface area (Å²) < 4.78 is 37.8. The van der Waals surface area contributed by atoms with Crippen LogP contribution >= 0.6 is 11.3 Å². The van der Waals surface area contributed by atoms with E-state index in [0.29, 0.717) is 6.07 Å². The van der Waals surface area contributed by atoms with Crippen LogP contribution in [0.5, 0.6) is 5.75 Å². The molecule has 1 atom stereocenters.